The monoisotopic (exact) mass is 458 g/mol. The highest BCUT2D eigenvalue weighted by Gasteiger charge is 2.35. The van der Waals surface area contributed by atoms with Crippen molar-refractivity contribution in [2.75, 3.05) is 5.75 Å². The zero-order valence-electron chi connectivity index (χ0n) is 18.0. The lowest BCUT2D eigenvalue weighted by molar-refractivity contribution is -0.143. The number of fused-ring (bicyclic) bond motifs is 1. The third-order valence-electron chi connectivity index (χ3n) is 5.27. The first-order valence-corrected chi connectivity index (χ1v) is 10.9. The predicted octanol–water partition coefficient (Wildman–Crippen LogP) is 5.44. The van der Waals surface area contributed by atoms with Crippen LogP contribution < -0.4 is 5.56 Å². The molecule has 32 heavy (non-hydrogen) atoms. The Morgan fingerprint density at radius 2 is 1.69 bits per heavy atom. The van der Waals surface area contributed by atoms with E-state index in [2.05, 4.69) is 4.98 Å². The molecule has 0 N–H and O–H groups in total. The Morgan fingerprint density at radius 3 is 2.31 bits per heavy atom. The second-order valence-electron chi connectivity index (χ2n) is 7.46. The SMILES string of the molecule is CCSc1ccc(-c2ccc(C)cc2)nc1-c1nc2cc(C(F)(F)F)n(C)c(=O)c2n1C. The molecule has 9 heteroatoms. The average molecular weight is 459 g/mol. The minimum atomic E-state index is -4.66. The number of hydrogen-bond donors (Lipinski definition) is 0. The summed E-state index contributed by atoms with van der Waals surface area (Å²) >= 11 is 1.56. The summed E-state index contributed by atoms with van der Waals surface area (Å²) in [5.74, 6) is 1.13. The van der Waals surface area contributed by atoms with Crippen LogP contribution in [0.25, 0.3) is 33.8 Å². The number of pyridine rings is 2. The Kier molecular flexibility index (Phi) is 5.62. The topological polar surface area (TPSA) is 52.7 Å². The van der Waals surface area contributed by atoms with Crippen molar-refractivity contribution >= 4 is 22.8 Å². The lowest BCUT2D eigenvalue weighted by Gasteiger charge is -2.12. The van der Waals surface area contributed by atoms with E-state index in [1.807, 2.05) is 50.2 Å². The summed E-state index contributed by atoms with van der Waals surface area (Å²) in [6, 6.07) is 12.7. The Bertz CT molecular complexity index is 1370. The van der Waals surface area contributed by atoms with Gasteiger partial charge in [0.15, 0.2) is 5.82 Å². The Balaban J connectivity index is 1.97. The van der Waals surface area contributed by atoms with Gasteiger partial charge < -0.3 is 9.13 Å². The van der Waals surface area contributed by atoms with E-state index in [1.54, 1.807) is 18.8 Å². The van der Waals surface area contributed by atoms with Crippen molar-refractivity contribution in [3.63, 3.8) is 0 Å². The lowest BCUT2D eigenvalue weighted by atomic mass is 10.1. The molecular weight excluding hydrogens is 437 g/mol. The molecule has 4 aromatic rings. The van der Waals surface area contributed by atoms with E-state index in [0.29, 0.717) is 16.1 Å². The number of halogens is 3. The summed E-state index contributed by atoms with van der Waals surface area (Å²) in [5, 5.41) is 0. The van der Waals surface area contributed by atoms with Crippen LogP contribution in [0.15, 0.2) is 52.2 Å². The van der Waals surface area contributed by atoms with Crippen LogP contribution in [0, 0.1) is 6.92 Å². The van der Waals surface area contributed by atoms with Gasteiger partial charge in [0.1, 0.15) is 16.9 Å². The van der Waals surface area contributed by atoms with Crippen LogP contribution in [-0.2, 0) is 20.3 Å². The van der Waals surface area contributed by atoms with Crippen molar-refractivity contribution in [3.8, 4) is 22.8 Å². The maximum Gasteiger partial charge on any atom is 0.431 e. The van der Waals surface area contributed by atoms with Crippen LogP contribution in [-0.4, -0.2) is 24.9 Å². The smallest absolute Gasteiger partial charge is 0.321 e. The molecule has 5 nitrogen and oxygen atoms in total. The highest BCUT2D eigenvalue weighted by Crippen LogP contribution is 2.34. The maximum atomic E-state index is 13.4. The van der Waals surface area contributed by atoms with Crippen LogP contribution in [0.3, 0.4) is 0 Å². The summed E-state index contributed by atoms with van der Waals surface area (Å²) in [5.41, 5.74) is 1.59. The molecule has 0 aliphatic heterocycles. The zero-order valence-corrected chi connectivity index (χ0v) is 18.8. The summed E-state index contributed by atoms with van der Waals surface area (Å²) in [4.78, 5) is 22.8. The highest BCUT2D eigenvalue weighted by molar-refractivity contribution is 7.99. The predicted molar refractivity (Wildman–Crippen MR) is 121 cm³/mol. The van der Waals surface area contributed by atoms with E-state index in [9.17, 15) is 18.0 Å². The lowest BCUT2D eigenvalue weighted by Crippen LogP contribution is -2.26. The number of nitrogens with zero attached hydrogens (tertiary/aromatic N) is 4. The van der Waals surface area contributed by atoms with Gasteiger partial charge in [0, 0.05) is 24.6 Å². The second-order valence-corrected chi connectivity index (χ2v) is 8.77. The van der Waals surface area contributed by atoms with Crippen molar-refractivity contribution in [2.24, 2.45) is 14.1 Å². The van der Waals surface area contributed by atoms with Crippen molar-refractivity contribution in [1.29, 1.82) is 0 Å². The standard InChI is InChI=1S/C23H21F3N4OS/c1-5-32-17-11-10-15(14-8-6-13(2)7-9-14)27-19(17)21-28-16-12-18(23(24,25)26)29(3)22(31)20(16)30(21)4/h6-12H,5H2,1-4H3. The molecule has 3 heterocycles. The van der Waals surface area contributed by atoms with E-state index < -0.39 is 17.4 Å². The number of benzene rings is 1. The first-order chi connectivity index (χ1) is 15.1. The minimum Gasteiger partial charge on any atom is -0.321 e. The van der Waals surface area contributed by atoms with Crippen molar-refractivity contribution < 1.29 is 13.2 Å². The summed E-state index contributed by atoms with van der Waals surface area (Å²) in [6.45, 7) is 4.00. The molecule has 0 bridgehead atoms. The largest absolute Gasteiger partial charge is 0.431 e. The Hall–Kier alpha value is -3.07. The fraction of sp³-hybridized carbons (Fsp3) is 0.261. The third kappa shape index (κ3) is 3.81. The van der Waals surface area contributed by atoms with Gasteiger partial charge in [-0.3, -0.25) is 4.79 Å². The van der Waals surface area contributed by atoms with Crippen LogP contribution in [0.2, 0.25) is 0 Å². The average Bonchev–Trinajstić information content (AvgIpc) is 3.07. The summed E-state index contributed by atoms with van der Waals surface area (Å²) in [7, 11) is 2.74. The molecule has 0 saturated heterocycles. The number of aryl methyl sites for hydroxylation is 2. The second kappa shape index (κ2) is 8.12. The molecule has 3 aromatic heterocycles. The Labute approximate surface area is 186 Å². The quantitative estimate of drug-likeness (QED) is 0.382. The first kappa shape index (κ1) is 22.1. The van der Waals surface area contributed by atoms with Crippen molar-refractivity contribution in [3.05, 3.63) is 64.1 Å². The van der Waals surface area contributed by atoms with E-state index in [4.69, 9.17) is 4.98 Å². The van der Waals surface area contributed by atoms with Crippen LogP contribution in [0.5, 0.6) is 0 Å². The number of alkyl halides is 3. The van der Waals surface area contributed by atoms with Gasteiger partial charge in [-0.2, -0.15) is 13.2 Å². The number of imidazole rings is 1. The summed E-state index contributed by atoms with van der Waals surface area (Å²) in [6.07, 6.45) is -4.66. The summed E-state index contributed by atoms with van der Waals surface area (Å²) < 4.78 is 42.4. The Morgan fingerprint density at radius 1 is 1.00 bits per heavy atom. The molecule has 0 fully saturated rings. The number of thioether (sulfide) groups is 1. The number of hydrogen-bond acceptors (Lipinski definition) is 4. The van der Waals surface area contributed by atoms with E-state index in [1.165, 1.54) is 4.57 Å². The van der Waals surface area contributed by atoms with E-state index >= 15 is 0 Å². The normalized spacial score (nSPS) is 12.0. The minimum absolute atomic E-state index is 0.00656. The van der Waals surface area contributed by atoms with E-state index in [-0.39, 0.29) is 11.0 Å². The molecule has 0 unspecified atom stereocenters. The molecule has 0 spiro atoms. The van der Waals surface area contributed by atoms with Crippen LogP contribution >= 0.6 is 11.8 Å². The first-order valence-electron chi connectivity index (χ1n) is 9.96. The van der Waals surface area contributed by atoms with Gasteiger partial charge in [-0.1, -0.05) is 36.8 Å². The third-order valence-corrected chi connectivity index (χ3v) is 6.20. The molecule has 0 aliphatic carbocycles. The van der Waals surface area contributed by atoms with Gasteiger partial charge in [-0.05, 0) is 30.9 Å². The van der Waals surface area contributed by atoms with E-state index in [0.717, 1.165) is 40.6 Å². The van der Waals surface area contributed by atoms with Gasteiger partial charge in [-0.25, -0.2) is 9.97 Å². The van der Waals surface area contributed by atoms with Crippen LogP contribution in [0.1, 0.15) is 18.2 Å². The number of rotatable bonds is 4. The molecule has 1 aromatic carbocycles. The van der Waals surface area contributed by atoms with Crippen LogP contribution in [0.4, 0.5) is 13.2 Å². The van der Waals surface area contributed by atoms with Gasteiger partial charge in [0.25, 0.3) is 5.56 Å². The molecule has 0 atom stereocenters. The molecule has 0 aliphatic rings. The van der Waals surface area contributed by atoms with Gasteiger partial charge in [0.05, 0.1) is 11.2 Å². The van der Waals surface area contributed by atoms with Crippen molar-refractivity contribution in [2.45, 2.75) is 24.9 Å². The van der Waals surface area contributed by atoms with Crippen molar-refractivity contribution in [1.82, 2.24) is 19.1 Å². The molecule has 166 valence electrons. The van der Waals surface area contributed by atoms with Gasteiger partial charge >= 0.3 is 6.18 Å². The highest BCUT2D eigenvalue weighted by atomic mass is 32.2. The zero-order chi connectivity index (χ0) is 23.2. The molecule has 0 saturated carbocycles. The fourth-order valence-electron chi connectivity index (χ4n) is 3.62. The maximum absolute atomic E-state index is 13.4. The number of aromatic nitrogens is 4. The van der Waals surface area contributed by atoms with Gasteiger partial charge in [0.2, 0.25) is 0 Å². The molecule has 4 rings (SSSR count). The van der Waals surface area contributed by atoms with Gasteiger partial charge in [-0.15, -0.1) is 11.8 Å². The molecule has 0 radical (unpaired) electrons. The fourth-order valence-corrected chi connectivity index (χ4v) is 4.36. The molecule has 0 amide bonds. The molecular formula is C23H21F3N4OS.